The number of nitrogens with zero attached hydrogens (tertiary/aromatic N) is 2. The topological polar surface area (TPSA) is 18.5 Å². The highest BCUT2D eigenvalue weighted by atomic mass is 15.2. The molecule has 3 heteroatoms. The molecule has 2 saturated heterocycles. The Morgan fingerprint density at radius 2 is 1.83 bits per heavy atom. The maximum absolute atomic E-state index is 3.59. The number of piperidine rings is 1. The SMILES string of the molecule is CCNC1CCN(CC2CCN(C(C)C)C2)CC1. The highest BCUT2D eigenvalue weighted by molar-refractivity contribution is 4.83. The van der Waals surface area contributed by atoms with Crippen molar-refractivity contribution in [1.82, 2.24) is 15.1 Å². The molecular weight excluding hydrogens is 222 g/mol. The summed E-state index contributed by atoms with van der Waals surface area (Å²) in [5.41, 5.74) is 0. The molecule has 106 valence electrons. The van der Waals surface area contributed by atoms with E-state index in [1.165, 1.54) is 52.0 Å². The van der Waals surface area contributed by atoms with Gasteiger partial charge in [-0.2, -0.15) is 0 Å². The van der Waals surface area contributed by atoms with Crippen LogP contribution >= 0.6 is 0 Å². The van der Waals surface area contributed by atoms with Gasteiger partial charge in [0.1, 0.15) is 0 Å². The van der Waals surface area contributed by atoms with Crippen LogP contribution in [0.25, 0.3) is 0 Å². The van der Waals surface area contributed by atoms with Crippen LogP contribution in [0.2, 0.25) is 0 Å². The zero-order valence-electron chi connectivity index (χ0n) is 12.5. The molecular formula is C15H31N3. The molecule has 18 heavy (non-hydrogen) atoms. The van der Waals surface area contributed by atoms with E-state index >= 15 is 0 Å². The normalized spacial score (nSPS) is 28.3. The van der Waals surface area contributed by atoms with Gasteiger partial charge in [-0.3, -0.25) is 0 Å². The van der Waals surface area contributed by atoms with Gasteiger partial charge in [0.2, 0.25) is 0 Å². The van der Waals surface area contributed by atoms with Gasteiger partial charge in [0.15, 0.2) is 0 Å². The maximum atomic E-state index is 3.59. The molecule has 0 radical (unpaired) electrons. The van der Waals surface area contributed by atoms with Crippen LogP contribution in [-0.2, 0) is 0 Å². The fraction of sp³-hybridized carbons (Fsp3) is 1.00. The van der Waals surface area contributed by atoms with E-state index in [9.17, 15) is 0 Å². The fourth-order valence-electron chi connectivity index (χ4n) is 3.45. The monoisotopic (exact) mass is 253 g/mol. The van der Waals surface area contributed by atoms with Crippen molar-refractivity contribution in [2.24, 2.45) is 5.92 Å². The van der Waals surface area contributed by atoms with E-state index in [4.69, 9.17) is 0 Å². The van der Waals surface area contributed by atoms with E-state index in [0.717, 1.165) is 24.5 Å². The molecule has 3 nitrogen and oxygen atoms in total. The molecule has 0 aromatic carbocycles. The van der Waals surface area contributed by atoms with E-state index in [0.29, 0.717) is 0 Å². The maximum Gasteiger partial charge on any atom is 0.00912 e. The summed E-state index contributed by atoms with van der Waals surface area (Å²) in [4.78, 5) is 5.33. The first-order valence-electron chi connectivity index (χ1n) is 7.88. The predicted octanol–water partition coefficient (Wildman–Crippen LogP) is 1.79. The van der Waals surface area contributed by atoms with Crippen LogP contribution in [-0.4, -0.2) is 61.2 Å². The van der Waals surface area contributed by atoms with Gasteiger partial charge in [0.05, 0.1) is 0 Å². The van der Waals surface area contributed by atoms with Crippen molar-refractivity contribution < 1.29 is 0 Å². The molecule has 2 rings (SSSR count). The van der Waals surface area contributed by atoms with Gasteiger partial charge < -0.3 is 15.1 Å². The first kappa shape index (κ1) is 14.3. The minimum absolute atomic E-state index is 0.731. The van der Waals surface area contributed by atoms with E-state index in [1.807, 2.05) is 0 Å². The Bertz CT molecular complexity index is 234. The zero-order chi connectivity index (χ0) is 13.0. The molecule has 0 spiro atoms. The Balaban J connectivity index is 1.66. The number of nitrogens with one attached hydrogen (secondary N) is 1. The minimum atomic E-state index is 0.731. The second kappa shape index (κ2) is 6.88. The third-order valence-electron chi connectivity index (χ3n) is 4.64. The fourth-order valence-corrected chi connectivity index (χ4v) is 3.45. The summed E-state index contributed by atoms with van der Waals surface area (Å²) in [5, 5.41) is 3.59. The van der Waals surface area contributed by atoms with Gasteiger partial charge in [-0.15, -0.1) is 0 Å². The summed E-state index contributed by atoms with van der Waals surface area (Å²) in [6.07, 6.45) is 4.09. The molecule has 0 amide bonds. The van der Waals surface area contributed by atoms with Gasteiger partial charge in [0.25, 0.3) is 0 Å². The molecule has 2 heterocycles. The third-order valence-corrected chi connectivity index (χ3v) is 4.64. The lowest BCUT2D eigenvalue weighted by molar-refractivity contribution is 0.169. The van der Waals surface area contributed by atoms with Crippen molar-refractivity contribution in [2.45, 2.75) is 52.1 Å². The number of hydrogen-bond donors (Lipinski definition) is 1. The Hall–Kier alpha value is -0.120. The summed E-state index contributed by atoms with van der Waals surface area (Å²) in [7, 11) is 0. The molecule has 0 aromatic rings. The Morgan fingerprint density at radius 1 is 1.11 bits per heavy atom. The third kappa shape index (κ3) is 3.94. The summed E-state index contributed by atoms with van der Waals surface area (Å²) < 4.78 is 0. The van der Waals surface area contributed by atoms with Crippen molar-refractivity contribution in [1.29, 1.82) is 0 Å². The molecule has 2 fully saturated rings. The average molecular weight is 253 g/mol. The van der Waals surface area contributed by atoms with Crippen LogP contribution in [0, 0.1) is 5.92 Å². The zero-order valence-corrected chi connectivity index (χ0v) is 12.5. The summed E-state index contributed by atoms with van der Waals surface area (Å²) >= 11 is 0. The molecule has 0 saturated carbocycles. The highest BCUT2D eigenvalue weighted by Crippen LogP contribution is 2.21. The number of hydrogen-bond acceptors (Lipinski definition) is 3. The Kier molecular flexibility index (Phi) is 5.46. The second-order valence-corrected chi connectivity index (χ2v) is 6.38. The van der Waals surface area contributed by atoms with Crippen LogP contribution in [0.1, 0.15) is 40.0 Å². The Morgan fingerprint density at radius 3 is 2.39 bits per heavy atom. The lowest BCUT2D eigenvalue weighted by Crippen LogP contribution is -2.44. The predicted molar refractivity (Wildman–Crippen MR) is 78.0 cm³/mol. The summed E-state index contributed by atoms with van der Waals surface area (Å²) in [5.74, 6) is 0.920. The minimum Gasteiger partial charge on any atom is -0.314 e. The first-order chi connectivity index (χ1) is 8.69. The molecule has 0 bridgehead atoms. The van der Waals surface area contributed by atoms with Gasteiger partial charge in [0, 0.05) is 25.2 Å². The molecule has 1 N–H and O–H groups in total. The molecule has 2 aliphatic heterocycles. The van der Waals surface area contributed by atoms with E-state index in [1.54, 1.807) is 0 Å². The average Bonchev–Trinajstić information content (AvgIpc) is 2.81. The molecule has 0 aliphatic carbocycles. The first-order valence-corrected chi connectivity index (χ1v) is 7.88. The van der Waals surface area contributed by atoms with Gasteiger partial charge in [-0.25, -0.2) is 0 Å². The number of likely N-dealkylation sites (tertiary alicyclic amines) is 2. The standard InChI is InChI=1S/C15H31N3/c1-4-16-15-6-8-17(9-7-15)11-14-5-10-18(12-14)13(2)3/h13-16H,4-12H2,1-3H3. The van der Waals surface area contributed by atoms with Crippen molar-refractivity contribution in [3.63, 3.8) is 0 Å². The largest absolute Gasteiger partial charge is 0.314 e. The van der Waals surface area contributed by atoms with Gasteiger partial charge in [-0.05, 0) is 65.2 Å². The molecule has 0 aromatic heterocycles. The molecule has 1 unspecified atom stereocenters. The lowest BCUT2D eigenvalue weighted by Gasteiger charge is -2.34. The smallest absolute Gasteiger partial charge is 0.00912 e. The number of rotatable bonds is 5. The van der Waals surface area contributed by atoms with E-state index in [-0.39, 0.29) is 0 Å². The van der Waals surface area contributed by atoms with E-state index < -0.39 is 0 Å². The summed E-state index contributed by atoms with van der Waals surface area (Å²) in [6, 6.07) is 1.51. The van der Waals surface area contributed by atoms with Crippen LogP contribution in [0.3, 0.4) is 0 Å². The lowest BCUT2D eigenvalue weighted by atomic mass is 10.0. The second-order valence-electron chi connectivity index (χ2n) is 6.38. The highest BCUT2D eigenvalue weighted by Gasteiger charge is 2.27. The van der Waals surface area contributed by atoms with Crippen molar-refractivity contribution in [3.05, 3.63) is 0 Å². The van der Waals surface area contributed by atoms with Crippen molar-refractivity contribution in [2.75, 3.05) is 39.3 Å². The van der Waals surface area contributed by atoms with Crippen LogP contribution < -0.4 is 5.32 Å². The van der Waals surface area contributed by atoms with Crippen LogP contribution in [0.4, 0.5) is 0 Å². The van der Waals surface area contributed by atoms with Crippen molar-refractivity contribution >= 4 is 0 Å². The van der Waals surface area contributed by atoms with Crippen molar-refractivity contribution in [3.8, 4) is 0 Å². The Labute approximate surface area is 113 Å². The van der Waals surface area contributed by atoms with Crippen LogP contribution in [0.15, 0.2) is 0 Å². The van der Waals surface area contributed by atoms with Crippen LogP contribution in [0.5, 0.6) is 0 Å². The van der Waals surface area contributed by atoms with Gasteiger partial charge in [-0.1, -0.05) is 6.92 Å². The quantitative estimate of drug-likeness (QED) is 0.806. The molecule has 1 atom stereocenters. The van der Waals surface area contributed by atoms with Gasteiger partial charge >= 0.3 is 0 Å². The molecule has 2 aliphatic rings. The van der Waals surface area contributed by atoms with E-state index in [2.05, 4.69) is 35.9 Å². The summed E-state index contributed by atoms with van der Waals surface area (Å²) in [6.45, 7) is 14.6.